The first kappa shape index (κ1) is 19.8. The second-order valence-electron chi connectivity index (χ2n) is 7.21. The molecule has 0 aromatic carbocycles. The molecule has 7 nitrogen and oxygen atoms in total. The number of likely N-dealkylation sites (N-methyl/N-ethyl adjacent to an activating group) is 1. The fourth-order valence-electron chi connectivity index (χ4n) is 4.15. The molecule has 1 N–H and O–H groups in total. The van der Waals surface area contributed by atoms with E-state index < -0.39 is 0 Å². The Morgan fingerprint density at radius 1 is 1.22 bits per heavy atom. The van der Waals surface area contributed by atoms with Crippen LogP contribution in [0.25, 0.3) is 0 Å². The number of ether oxygens (including phenoxy) is 1. The molecule has 0 spiro atoms. The molecule has 148 valence electrons. The zero-order valence-corrected chi connectivity index (χ0v) is 16.3. The number of amides is 2. The zero-order chi connectivity index (χ0) is 19.2. The maximum absolute atomic E-state index is 13.1. The molecule has 3 heterocycles. The van der Waals surface area contributed by atoms with Crippen molar-refractivity contribution >= 4 is 11.8 Å². The highest BCUT2D eigenvalue weighted by Crippen LogP contribution is 2.27. The Kier molecular flexibility index (Phi) is 6.79. The quantitative estimate of drug-likeness (QED) is 0.812. The predicted molar refractivity (Wildman–Crippen MR) is 102 cm³/mol. The molecule has 0 bridgehead atoms. The molecule has 2 atom stereocenters. The van der Waals surface area contributed by atoms with Gasteiger partial charge >= 0.3 is 0 Å². The molecular weight excluding hydrogens is 344 g/mol. The number of carbonyl (C=O) groups is 2. The van der Waals surface area contributed by atoms with E-state index in [4.69, 9.17) is 4.74 Å². The normalized spacial score (nSPS) is 23.9. The Bertz CT molecular complexity index is 629. The van der Waals surface area contributed by atoms with Gasteiger partial charge in [0.25, 0.3) is 5.91 Å². The maximum atomic E-state index is 13.1. The van der Waals surface area contributed by atoms with Crippen LogP contribution in [0.4, 0.5) is 0 Å². The summed E-state index contributed by atoms with van der Waals surface area (Å²) in [5.41, 5.74) is 0.598. The van der Waals surface area contributed by atoms with Crippen LogP contribution in [0, 0.1) is 0 Å². The minimum atomic E-state index is -0.171. The summed E-state index contributed by atoms with van der Waals surface area (Å²) in [5, 5.41) is 3.11. The smallest absolute Gasteiger partial charge is 0.251 e. The second kappa shape index (κ2) is 9.28. The Morgan fingerprint density at radius 3 is 2.52 bits per heavy atom. The summed E-state index contributed by atoms with van der Waals surface area (Å²) in [5.74, 6) is 0.0671. The largest absolute Gasteiger partial charge is 0.381 e. The third-order valence-electron chi connectivity index (χ3n) is 5.64. The Morgan fingerprint density at radius 2 is 1.89 bits per heavy atom. The fourth-order valence-corrected chi connectivity index (χ4v) is 4.15. The number of aromatic nitrogens is 1. The summed E-state index contributed by atoms with van der Waals surface area (Å²) in [7, 11) is 0. The summed E-state index contributed by atoms with van der Waals surface area (Å²) in [4.78, 5) is 33.8. The van der Waals surface area contributed by atoms with Crippen LogP contribution >= 0.6 is 0 Å². The van der Waals surface area contributed by atoms with Crippen molar-refractivity contribution in [3.63, 3.8) is 0 Å². The van der Waals surface area contributed by atoms with E-state index in [0.717, 1.165) is 26.1 Å². The van der Waals surface area contributed by atoms with E-state index in [0.29, 0.717) is 37.7 Å². The lowest BCUT2D eigenvalue weighted by Gasteiger charge is -2.36. The van der Waals surface area contributed by atoms with E-state index in [9.17, 15) is 9.59 Å². The van der Waals surface area contributed by atoms with Crippen molar-refractivity contribution in [3.05, 3.63) is 30.1 Å². The standard InChI is InChI=1S/C20H30N4O3/c1-3-23(4-2)20(26)18-13-16(14-24(18)17-7-11-27-12-8-17)22-19(25)15-5-9-21-10-6-15/h5-6,9-10,16-18H,3-4,7-8,11-14H2,1-2H3,(H,22,25). The molecule has 2 aliphatic rings. The molecule has 0 aliphatic carbocycles. The van der Waals surface area contributed by atoms with Crippen LogP contribution in [-0.4, -0.2) is 77.6 Å². The van der Waals surface area contributed by atoms with Gasteiger partial charge < -0.3 is 15.0 Å². The summed E-state index contributed by atoms with van der Waals surface area (Å²) >= 11 is 0. The third-order valence-corrected chi connectivity index (χ3v) is 5.64. The first-order valence-corrected chi connectivity index (χ1v) is 9.97. The van der Waals surface area contributed by atoms with E-state index in [1.165, 1.54) is 0 Å². The highest BCUT2D eigenvalue weighted by atomic mass is 16.5. The number of rotatable bonds is 6. The molecule has 2 amide bonds. The summed E-state index contributed by atoms with van der Waals surface area (Å²) in [6, 6.07) is 3.55. The van der Waals surface area contributed by atoms with E-state index in [2.05, 4.69) is 15.2 Å². The lowest BCUT2D eigenvalue weighted by atomic mass is 10.0. The molecular formula is C20H30N4O3. The molecule has 1 aromatic heterocycles. The summed E-state index contributed by atoms with van der Waals surface area (Å²) in [6.07, 6.45) is 5.76. The van der Waals surface area contributed by atoms with Gasteiger partial charge in [0.05, 0.1) is 6.04 Å². The van der Waals surface area contributed by atoms with Crippen molar-refractivity contribution in [2.75, 3.05) is 32.8 Å². The van der Waals surface area contributed by atoms with Crippen molar-refractivity contribution in [2.45, 2.75) is 51.2 Å². The van der Waals surface area contributed by atoms with Crippen LogP contribution in [-0.2, 0) is 9.53 Å². The fraction of sp³-hybridized carbons (Fsp3) is 0.650. The van der Waals surface area contributed by atoms with Gasteiger partial charge in [-0.25, -0.2) is 0 Å². The minimum Gasteiger partial charge on any atom is -0.381 e. The van der Waals surface area contributed by atoms with Gasteiger partial charge in [-0.15, -0.1) is 0 Å². The summed E-state index contributed by atoms with van der Waals surface area (Å²) < 4.78 is 5.50. The van der Waals surface area contributed by atoms with Crippen molar-refractivity contribution in [1.82, 2.24) is 20.1 Å². The van der Waals surface area contributed by atoms with Gasteiger partial charge in [0.1, 0.15) is 0 Å². The second-order valence-corrected chi connectivity index (χ2v) is 7.21. The van der Waals surface area contributed by atoms with Gasteiger partial charge in [-0.05, 0) is 45.2 Å². The minimum absolute atomic E-state index is 0.0296. The van der Waals surface area contributed by atoms with Crippen molar-refractivity contribution in [1.29, 1.82) is 0 Å². The molecule has 2 unspecified atom stereocenters. The van der Waals surface area contributed by atoms with Crippen LogP contribution in [0.5, 0.6) is 0 Å². The van der Waals surface area contributed by atoms with E-state index >= 15 is 0 Å². The van der Waals surface area contributed by atoms with Crippen molar-refractivity contribution in [3.8, 4) is 0 Å². The third kappa shape index (κ3) is 4.65. The first-order chi connectivity index (χ1) is 13.1. The summed E-state index contributed by atoms with van der Waals surface area (Å²) in [6.45, 7) is 7.63. The number of hydrogen-bond donors (Lipinski definition) is 1. The van der Waals surface area contributed by atoms with Crippen LogP contribution in [0.3, 0.4) is 0 Å². The SMILES string of the molecule is CCN(CC)C(=O)C1CC(NC(=O)c2ccncc2)CN1C1CCOCC1. The molecule has 27 heavy (non-hydrogen) atoms. The molecule has 0 saturated carbocycles. The van der Waals surface area contributed by atoms with Gasteiger partial charge in [0.15, 0.2) is 0 Å². The monoisotopic (exact) mass is 374 g/mol. The molecule has 3 rings (SSSR count). The zero-order valence-electron chi connectivity index (χ0n) is 16.3. The Hall–Kier alpha value is -1.99. The predicted octanol–water partition coefficient (Wildman–Crippen LogP) is 1.30. The highest BCUT2D eigenvalue weighted by Gasteiger charge is 2.42. The lowest BCUT2D eigenvalue weighted by Crippen LogP contribution is -2.50. The average molecular weight is 374 g/mol. The number of pyridine rings is 1. The Balaban J connectivity index is 1.72. The van der Waals surface area contributed by atoms with Crippen LogP contribution in [0.1, 0.15) is 43.5 Å². The van der Waals surface area contributed by atoms with Crippen LogP contribution in [0.15, 0.2) is 24.5 Å². The number of carbonyl (C=O) groups excluding carboxylic acids is 2. The van der Waals surface area contributed by atoms with Gasteiger partial charge in [0.2, 0.25) is 5.91 Å². The highest BCUT2D eigenvalue weighted by molar-refractivity contribution is 5.94. The number of nitrogens with one attached hydrogen (secondary N) is 1. The van der Waals surface area contributed by atoms with Gasteiger partial charge in [0, 0.05) is 62.9 Å². The molecule has 1 aromatic rings. The maximum Gasteiger partial charge on any atom is 0.251 e. The van der Waals surface area contributed by atoms with Gasteiger partial charge in [-0.1, -0.05) is 0 Å². The lowest BCUT2D eigenvalue weighted by molar-refractivity contribution is -0.137. The molecule has 2 aliphatic heterocycles. The van der Waals surface area contributed by atoms with E-state index in [1.807, 2.05) is 18.7 Å². The van der Waals surface area contributed by atoms with Crippen LogP contribution < -0.4 is 5.32 Å². The van der Waals surface area contributed by atoms with E-state index in [-0.39, 0.29) is 23.9 Å². The molecule has 2 fully saturated rings. The van der Waals surface area contributed by atoms with Crippen molar-refractivity contribution < 1.29 is 14.3 Å². The van der Waals surface area contributed by atoms with Crippen molar-refractivity contribution in [2.24, 2.45) is 0 Å². The van der Waals surface area contributed by atoms with Crippen LogP contribution in [0.2, 0.25) is 0 Å². The topological polar surface area (TPSA) is 74.8 Å². The molecule has 0 radical (unpaired) electrons. The molecule has 7 heteroatoms. The number of likely N-dealkylation sites (tertiary alicyclic amines) is 1. The Labute approximate surface area is 161 Å². The molecule has 2 saturated heterocycles. The van der Waals surface area contributed by atoms with Gasteiger partial charge in [-0.3, -0.25) is 19.5 Å². The number of nitrogens with zero attached hydrogens (tertiary/aromatic N) is 3. The average Bonchev–Trinajstić information content (AvgIpc) is 3.14. The first-order valence-electron chi connectivity index (χ1n) is 9.97. The van der Waals surface area contributed by atoms with Gasteiger partial charge in [-0.2, -0.15) is 0 Å². The van der Waals surface area contributed by atoms with E-state index in [1.54, 1.807) is 24.5 Å². The number of hydrogen-bond acceptors (Lipinski definition) is 5.